The first kappa shape index (κ1) is 23.8. The minimum absolute atomic E-state index is 0.149. The molecule has 5 aromatic rings. The van der Waals surface area contributed by atoms with E-state index in [1.165, 1.54) is 11.6 Å². The van der Waals surface area contributed by atoms with Crippen molar-refractivity contribution in [2.45, 2.75) is 18.5 Å². The van der Waals surface area contributed by atoms with Gasteiger partial charge in [0.1, 0.15) is 5.82 Å². The molecule has 5 rings (SSSR count). The minimum atomic E-state index is -4.51. The van der Waals surface area contributed by atoms with Crippen molar-refractivity contribution in [3.63, 3.8) is 0 Å². The predicted octanol–water partition coefficient (Wildman–Crippen LogP) is 4.34. The SMILES string of the molecule is Cn1cc(C(F)(F)F)nc1-c1ccc(Cn2ncc3cnc(-c4ccccc4CS(=O)[O-])nc32)cc1. The number of fused-ring (bicyclic) bond motifs is 1. The average molecular weight is 512 g/mol. The van der Waals surface area contributed by atoms with Gasteiger partial charge in [-0.05, 0) is 11.1 Å². The fraction of sp³-hybridized carbons (Fsp3) is 0.167. The monoisotopic (exact) mass is 511 g/mol. The van der Waals surface area contributed by atoms with Crippen LogP contribution in [0.15, 0.2) is 67.1 Å². The summed E-state index contributed by atoms with van der Waals surface area (Å²) in [4.78, 5) is 12.7. The second-order valence-corrected chi connectivity index (χ2v) is 9.03. The summed E-state index contributed by atoms with van der Waals surface area (Å²) < 4.78 is 64.5. The van der Waals surface area contributed by atoms with Crippen LogP contribution >= 0.6 is 0 Å². The number of halogens is 3. The molecular formula is C24H18F3N6O2S-. The summed E-state index contributed by atoms with van der Waals surface area (Å²) in [7, 11) is 1.52. The smallest absolute Gasteiger partial charge is 0.434 e. The molecule has 0 saturated carbocycles. The maximum Gasteiger partial charge on any atom is 0.434 e. The fourth-order valence-corrected chi connectivity index (χ4v) is 4.41. The van der Waals surface area contributed by atoms with E-state index in [2.05, 4.69) is 20.1 Å². The van der Waals surface area contributed by atoms with Crippen LogP contribution in [0.1, 0.15) is 16.8 Å². The number of benzene rings is 2. The zero-order valence-corrected chi connectivity index (χ0v) is 19.6. The minimum Gasteiger partial charge on any atom is -0.772 e. The van der Waals surface area contributed by atoms with Crippen LogP contribution in [0.5, 0.6) is 0 Å². The maximum absolute atomic E-state index is 13.0. The number of aromatic nitrogens is 6. The van der Waals surface area contributed by atoms with E-state index in [-0.39, 0.29) is 11.6 Å². The van der Waals surface area contributed by atoms with Crippen LogP contribution < -0.4 is 0 Å². The van der Waals surface area contributed by atoms with Crippen LogP contribution in [0.2, 0.25) is 0 Å². The zero-order chi connectivity index (χ0) is 25.4. The van der Waals surface area contributed by atoms with Gasteiger partial charge in [0.05, 0.1) is 18.1 Å². The van der Waals surface area contributed by atoms with Gasteiger partial charge in [-0.1, -0.05) is 59.6 Å². The van der Waals surface area contributed by atoms with Gasteiger partial charge in [0.2, 0.25) is 0 Å². The van der Waals surface area contributed by atoms with Crippen LogP contribution in [-0.4, -0.2) is 38.1 Å². The summed E-state index contributed by atoms with van der Waals surface area (Å²) in [6, 6.07) is 14.1. The van der Waals surface area contributed by atoms with Gasteiger partial charge in [-0.3, -0.25) is 4.21 Å². The van der Waals surface area contributed by atoms with Crippen molar-refractivity contribution in [3.05, 3.63) is 83.9 Å². The van der Waals surface area contributed by atoms with Crippen LogP contribution in [0.3, 0.4) is 0 Å². The Morgan fingerprint density at radius 2 is 1.78 bits per heavy atom. The van der Waals surface area contributed by atoms with Gasteiger partial charge < -0.3 is 9.12 Å². The summed E-state index contributed by atoms with van der Waals surface area (Å²) in [6.07, 6.45) is -0.277. The van der Waals surface area contributed by atoms with Gasteiger partial charge >= 0.3 is 6.18 Å². The molecule has 2 aromatic carbocycles. The Labute approximate surface area is 205 Å². The Morgan fingerprint density at radius 1 is 1.03 bits per heavy atom. The lowest BCUT2D eigenvalue weighted by molar-refractivity contribution is -0.140. The van der Waals surface area contributed by atoms with E-state index >= 15 is 0 Å². The van der Waals surface area contributed by atoms with Gasteiger partial charge in [0.25, 0.3) is 0 Å². The lowest BCUT2D eigenvalue weighted by Gasteiger charge is -2.10. The largest absolute Gasteiger partial charge is 0.772 e. The summed E-state index contributed by atoms with van der Waals surface area (Å²) in [5.41, 5.74) is 2.26. The standard InChI is InChI=1S/C24H19F3N6O2S/c1-32-13-20(24(25,26)27)30-22(32)16-8-6-15(7-9-16)12-33-23-18(11-29-33)10-28-21(31-23)19-5-3-2-4-17(19)14-36(34)35/h2-11,13H,12,14H2,1H3,(H,34,35)/p-1. The molecule has 12 heteroatoms. The van der Waals surface area contributed by atoms with E-state index < -0.39 is 23.0 Å². The second-order valence-electron chi connectivity index (χ2n) is 8.14. The van der Waals surface area contributed by atoms with Crippen LogP contribution in [0.25, 0.3) is 33.8 Å². The van der Waals surface area contributed by atoms with E-state index in [9.17, 15) is 21.9 Å². The van der Waals surface area contributed by atoms with Crippen molar-refractivity contribution < 1.29 is 21.9 Å². The summed E-state index contributed by atoms with van der Waals surface area (Å²) in [6.45, 7) is 0.362. The molecule has 0 saturated heterocycles. The number of rotatable bonds is 6. The van der Waals surface area contributed by atoms with E-state index in [4.69, 9.17) is 0 Å². The number of hydrogen-bond acceptors (Lipinski definition) is 6. The molecule has 1 atom stereocenters. The van der Waals surface area contributed by atoms with Gasteiger partial charge in [-0.2, -0.15) is 18.3 Å². The molecular weight excluding hydrogens is 493 g/mol. The number of hydrogen-bond donors (Lipinski definition) is 0. The Kier molecular flexibility index (Phi) is 6.14. The van der Waals surface area contributed by atoms with Crippen LogP contribution in [-0.2, 0) is 36.6 Å². The third kappa shape index (κ3) is 4.77. The number of aryl methyl sites for hydroxylation is 1. The van der Waals surface area contributed by atoms with E-state index in [1.807, 2.05) is 0 Å². The first-order valence-electron chi connectivity index (χ1n) is 10.7. The molecule has 3 aromatic heterocycles. The van der Waals surface area contributed by atoms with Crippen molar-refractivity contribution in [3.8, 4) is 22.8 Å². The summed E-state index contributed by atoms with van der Waals surface area (Å²) >= 11 is -2.26. The van der Waals surface area contributed by atoms with Crippen molar-refractivity contribution in [1.29, 1.82) is 0 Å². The number of nitrogens with zero attached hydrogens (tertiary/aromatic N) is 6. The van der Waals surface area contributed by atoms with E-state index in [1.54, 1.807) is 65.6 Å². The highest BCUT2D eigenvalue weighted by atomic mass is 32.2. The third-order valence-corrected chi connectivity index (χ3v) is 6.17. The van der Waals surface area contributed by atoms with Crippen molar-refractivity contribution in [2.24, 2.45) is 7.05 Å². The van der Waals surface area contributed by atoms with Crippen molar-refractivity contribution in [2.75, 3.05) is 0 Å². The Morgan fingerprint density at radius 3 is 2.47 bits per heavy atom. The molecule has 0 radical (unpaired) electrons. The third-order valence-electron chi connectivity index (χ3n) is 5.62. The molecule has 0 aliphatic rings. The Bertz CT molecular complexity index is 1580. The van der Waals surface area contributed by atoms with Gasteiger partial charge in [0.15, 0.2) is 17.2 Å². The molecule has 3 heterocycles. The van der Waals surface area contributed by atoms with Crippen LogP contribution in [0, 0.1) is 0 Å². The molecule has 184 valence electrons. The molecule has 0 N–H and O–H groups in total. The van der Waals surface area contributed by atoms with Gasteiger partial charge in [0, 0.05) is 36.3 Å². The van der Waals surface area contributed by atoms with Crippen LogP contribution in [0.4, 0.5) is 13.2 Å². The van der Waals surface area contributed by atoms with Crippen molar-refractivity contribution in [1.82, 2.24) is 29.3 Å². The molecule has 0 aliphatic heterocycles. The first-order valence-corrected chi connectivity index (χ1v) is 12.0. The summed E-state index contributed by atoms with van der Waals surface area (Å²) in [5, 5.41) is 5.11. The van der Waals surface area contributed by atoms with Gasteiger partial charge in [-0.25, -0.2) is 19.6 Å². The molecule has 36 heavy (non-hydrogen) atoms. The van der Waals surface area contributed by atoms with Crippen molar-refractivity contribution >= 4 is 22.1 Å². The Balaban J connectivity index is 1.43. The lowest BCUT2D eigenvalue weighted by atomic mass is 10.1. The fourth-order valence-electron chi connectivity index (χ4n) is 3.91. The molecule has 1 unspecified atom stereocenters. The maximum atomic E-state index is 13.0. The normalized spacial score (nSPS) is 12.8. The predicted molar refractivity (Wildman–Crippen MR) is 126 cm³/mol. The van der Waals surface area contributed by atoms with Gasteiger partial charge in [-0.15, -0.1) is 0 Å². The molecule has 0 bridgehead atoms. The summed E-state index contributed by atoms with van der Waals surface area (Å²) in [5.74, 6) is 0.452. The molecule has 0 aliphatic carbocycles. The highest BCUT2D eigenvalue weighted by Gasteiger charge is 2.34. The average Bonchev–Trinajstić information content (AvgIpc) is 3.43. The molecule has 0 amide bonds. The second kappa shape index (κ2) is 9.28. The van der Waals surface area contributed by atoms with E-state index in [0.29, 0.717) is 40.1 Å². The number of imidazole rings is 1. The lowest BCUT2D eigenvalue weighted by Crippen LogP contribution is -2.05. The molecule has 8 nitrogen and oxygen atoms in total. The highest BCUT2D eigenvalue weighted by molar-refractivity contribution is 7.78. The molecule has 0 fully saturated rings. The molecule has 0 spiro atoms. The quantitative estimate of drug-likeness (QED) is 0.315. The Hall–Kier alpha value is -3.90. The highest BCUT2D eigenvalue weighted by Crippen LogP contribution is 2.31. The first-order chi connectivity index (χ1) is 17.2. The number of alkyl halides is 3. The van der Waals surface area contributed by atoms with E-state index in [0.717, 1.165) is 11.8 Å². The topological polar surface area (TPSA) is 102 Å². The zero-order valence-electron chi connectivity index (χ0n) is 18.8.